The van der Waals surface area contributed by atoms with Gasteiger partial charge in [0.05, 0.1) is 0 Å². The summed E-state index contributed by atoms with van der Waals surface area (Å²) in [6.45, 7) is 0. The Balaban J connectivity index is 0.000000360. The van der Waals surface area contributed by atoms with Gasteiger partial charge >= 0.3 is 0 Å². The Morgan fingerprint density at radius 1 is 0.857 bits per heavy atom. The van der Waals surface area contributed by atoms with Crippen LogP contribution in [0.2, 0.25) is 12.1 Å². The molecule has 0 aromatic heterocycles. The van der Waals surface area contributed by atoms with Crippen LogP contribution in [0.1, 0.15) is 19.3 Å². The van der Waals surface area contributed by atoms with Gasteiger partial charge in [-0.2, -0.15) is 0 Å². The van der Waals surface area contributed by atoms with Crippen molar-refractivity contribution in [2.45, 2.75) is 31.4 Å². The summed E-state index contributed by atoms with van der Waals surface area (Å²) in [5.41, 5.74) is 0. The van der Waals surface area contributed by atoms with Gasteiger partial charge in [-0.3, -0.25) is 0 Å². The quantitative estimate of drug-likeness (QED) is 0.585. The molecule has 1 heterocycles. The summed E-state index contributed by atoms with van der Waals surface area (Å²) in [5, 5.41) is 0. The van der Waals surface area contributed by atoms with E-state index >= 15 is 0 Å². The molecule has 1 fully saturated rings. The van der Waals surface area contributed by atoms with Crippen LogP contribution in [0.4, 0.5) is 0 Å². The van der Waals surface area contributed by atoms with Crippen LogP contribution in [0.5, 0.6) is 0 Å². The second-order valence-electron chi connectivity index (χ2n) is 2.12. The summed E-state index contributed by atoms with van der Waals surface area (Å²) in [6.07, 6.45) is 4.66. The van der Waals surface area contributed by atoms with Crippen molar-refractivity contribution in [1.82, 2.24) is 0 Å². The van der Waals surface area contributed by atoms with E-state index < -0.39 is 0 Å². The molecule has 1 radical (unpaired) electrons. The first-order valence-corrected chi connectivity index (χ1v) is 5.00. The van der Waals surface area contributed by atoms with Gasteiger partial charge < -0.3 is 0 Å². The third-order valence-electron chi connectivity index (χ3n) is 1.50. The van der Waals surface area contributed by atoms with Gasteiger partial charge in [0.2, 0.25) is 0 Å². The van der Waals surface area contributed by atoms with Crippen molar-refractivity contribution in [2.75, 3.05) is 0 Å². The minimum Gasteiger partial charge on any atom is -0.0628 e. The van der Waals surface area contributed by atoms with E-state index in [4.69, 9.17) is 0 Å². The summed E-state index contributed by atoms with van der Waals surface area (Å²) < 4.78 is 0. The van der Waals surface area contributed by atoms with Crippen molar-refractivity contribution >= 4 is 9.52 Å². The molecule has 0 bridgehead atoms. The topological polar surface area (TPSA) is 0 Å². The van der Waals surface area contributed by atoms with E-state index in [1.165, 1.54) is 6.42 Å². The summed E-state index contributed by atoms with van der Waals surface area (Å²) in [7, 11) is 0.508. The number of hydrogen-bond donors (Lipinski definition) is 0. The van der Waals surface area contributed by atoms with E-state index in [0.29, 0.717) is 9.52 Å². The first-order valence-electron chi connectivity index (χ1n) is 3.00. The fourth-order valence-corrected chi connectivity index (χ4v) is 2.83. The maximum absolute atomic E-state index is 1.64. The molecule has 1 saturated heterocycles. The van der Waals surface area contributed by atoms with Gasteiger partial charge in [0.15, 0.2) is 0 Å². The Morgan fingerprint density at radius 3 is 1.57 bits per heavy atom. The molecule has 0 spiro atoms. The van der Waals surface area contributed by atoms with E-state index in [-0.39, 0.29) is 22.4 Å². The van der Waals surface area contributed by atoms with Crippen LogP contribution in [0.15, 0.2) is 0 Å². The molecule has 0 amide bonds. The van der Waals surface area contributed by atoms with E-state index in [1.54, 1.807) is 24.9 Å². The molecule has 0 aromatic carbocycles. The maximum atomic E-state index is 1.64. The molecule has 0 aliphatic carbocycles. The molecule has 1 aliphatic rings. The Labute approximate surface area is 63.4 Å². The number of hydrogen-bond acceptors (Lipinski definition) is 0. The molecule has 1 rings (SSSR count). The summed E-state index contributed by atoms with van der Waals surface area (Å²) in [4.78, 5) is 0. The first-order chi connectivity index (χ1) is 3.00. The predicted octanol–water partition coefficient (Wildman–Crippen LogP) is 1.17. The number of rotatable bonds is 0. The molecule has 0 unspecified atom stereocenters. The average Bonchev–Trinajstić information content (AvgIpc) is 1.72. The fourth-order valence-electron chi connectivity index (χ4n) is 1.06. The second-order valence-corrected chi connectivity index (χ2v) is 4.24. The maximum Gasteiger partial charge on any atom is 0.0197 e. The zero-order valence-corrected chi connectivity index (χ0v) is 9.32. The molecule has 0 nitrogen and oxygen atoms in total. The normalized spacial score (nSPS) is 20.6. The van der Waals surface area contributed by atoms with Gasteiger partial charge in [-0.25, -0.2) is 0 Å². The standard InChI is InChI=1S/C5H12Si.Ta/c1-2-4-6-5-3-1;/h1-6H2;. The molecular formula is C5H12SiTa. The van der Waals surface area contributed by atoms with E-state index in [1.807, 2.05) is 0 Å². The van der Waals surface area contributed by atoms with Gasteiger partial charge in [0.1, 0.15) is 0 Å². The smallest absolute Gasteiger partial charge is 0.0197 e. The molecule has 0 atom stereocenters. The Bertz CT molecular complexity index is 23.6. The van der Waals surface area contributed by atoms with Crippen molar-refractivity contribution in [1.29, 1.82) is 0 Å². The van der Waals surface area contributed by atoms with Crippen LogP contribution in [0, 0.1) is 0 Å². The molecule has 2 heteroatoms. The monoisotopic (exact) mass is 281 g/mol. The molecule has 0 saturated carbocycles. The van der Waals surface area contributed by atoms with Gasteiger partial charge in [-0.15, -0.1) is 0 Å². The SMILES string of the molecule is C1CC[SiH2]CC1.[Ta]. The zero-order valence-electron chi connectivity index (χ0n) is 4.69. The zero-order chi connectivity index (χ0) is 4.24. The van der Waals surface area contributed by atoms with Crippen molar-refractivity contribution < 1.29 is 22.4 Å². The minimum atomic E-state index is 0. The largest absolute Gasteiger partial charge is 0.0628 e. The van der Waals surface area contributed by atoms with Crippen LogP contribution in [0.25, 0.3) is 0 Å². The second kappa shape index (κ2) is 5.10. The van der Waals surface area contributed by atoms with Gasteiger partial charge in [-0.05, 0) is 0 Å². The van der Waals surface area contributed by atoms with Crippen molar-refractivity contribution in [3.8, 4) is 0 Å². The van der Waals surface area contributed by atoms with Crippen LogP contribution >= 0.6 is 0 Å². The molecule has 41 valence electrons. The third-order valence-corrected chi connectivity index (χ3v) is 3.50. The average molecular weight is 281 g/mol. The van der Waals surface area contributed by atoms with Crippen LogP contribution in [-0.2, 0) is 22.4 Å². The summed E-state index contributed by atoms with van der Waals surface area (Å²) in [6, 6.07) is 3.28. The summed E-state index contributed by atoms with van der Waals surface area (Å²) >= 11 is 0. The minimum absolute atomic E-state index is 0. The van der Waals surface area contributed by atoms with Crippen molar-refractivity contribution in [3.05, 3.63) is 0 Å². The first kappa shape index (κ1) is 7.96. The van der Waals surface area contributed by atoms with E-state index in [2.05, 4.69) is 0 Å². The Hall–Kier alpha value is 0.957. The molecule has 7 heavy (non-hydrogen) atoms. The van der Waals surface area contributed by atoms with Gasteiger partial charge in [0.25, 0.3) is 0 Å². The van der Waals surface area contributed by atoms with Gasteiger partial charge in [0, 0.05) is 31.9 Å². The van der Waals surface area contributed by atoms with E-state index in [9.17, 15) is 0 Å². The molecule has 0 N–H and O–H groups in total. The van der Waals surface area contributed by atoms with Crippen molar-refractivity contribution in [3.63, 3.8) is 0 Å². The van der Waals surface area contributed by atoms with Crippen LogP contribution < -0.4 is 0 Å². The molecular weight excluding hydrogens is 269 g/mol. The van der Waals surface area contributed by atoms with E-state index in [0.717, 1.165) is 0 Å². The Morgan fingerprint density at radius 2 is 1.43 bits per heavy atom. The van der Waals surface area contributed by atoms with Crippen LogP contribution in [0.3, 0.4) is 0 Å². The predicted molar refractivity (Wildman–Crippen MR) is 32.0 cm³/mol. The van der Waals surface area contributed by atoms with Gasteiger partial charge in [-0.1, -0.05) is 31.4 Å². The van der Waals surface area contributed by atoms with Crippen molar-refractivity contribution in [2.24, 2.45) is 0 Å². The summed E-state index contributed by atoms with van der Waals surface area (Å²) in [5.74, 6) is 0. The van der Waals surface area contributed by atoms with Crippen LogP contribution in [-0.4, -0.2) is 9.52 Å². The molecule has 0 aromatic rings. The fraction of sp³-hybridized carbons (Fsp3) is 1.00. The molecule has 1 aliphatic heterocycles. The Kier molecular flexibility index (Phi) is 5.80. The third kappa shape index (κ3) is 3.53.